The molecule has 1 fully saturated rings. The van der Waals surface area contributed by atoms with Crippen LogP contribution < -0.4 is 5.32 Å². The zero-order valence-corrected chi connectivity index (χ0v) is 10.5. The molecule has 1 saturated heterocycles. The van der Waals surface area contributed by atoms with Gasteiger partial charge < -0.3 is 10.4 Å². The van der Waals surface area contributed by atoms with Gasteiger partial charge in [-0.25, -0.2) is 0 Å². The number of rotatable bonds is 3. The zero-order chi connectivity index (χ0) is 11.4. The Hall–Kier alpha value is -0.510. The summed E-state index contributed by atoms with van der Waals surface area (Å²) in [6.45, 7) is 2.03. The molecule has 0 spiro atoms. The third kappa shape index (κ3) is 2.78. The molecule has 2 N–H and O–H groups in total. The summed E-state index contributed by atoms with van der Waals surface area (Å²) in [6.07, 6.45) is 4.04. The van der Waals surface area contributed by atoms with Gasteiger partial charge in [0.15, 0.2) is 0 Å². The van der Waals surface area contributed by atoms with Gasteiger partial charge in [-0.1, -0.05) is 12.1 Å². The normalized spacial score (nSPS) is 23.0. The lowest BCUT2D eigenvalue weighted by Crippen LogP contribution is -2.33. The summed E-state index contributed by atoms with van der Waals surface area (Å²) in [5.74, 6) is 0.369. The van der Waals surface area contributed by atoms with E-state index in [-0.39, 0.29) is 6.10 Å². The fraction of sp³-hybridized carbons (Fsp3) is 0.538. The second-order valence-corrected chi connectivity index (χ2v) is 5.20. The second-order valence-electron chi connectivity index (χ2n) is 4.32. The van der Waals surface area contributed by atoms with Crippen LogP contribution in [0.15, 0.2) is 29.2 Å². The summed E-state index contributed by atoms with van der Waals surface area (Å²) < 4.78 is 0. The van der Waals surface area contributed by atoms with Gasteiger partial charge in [0.05, 0.1) is 6.10 Å². The SMILES string of the molecule is CSc1ccc(C(O)C2CCCNC2)cc1. The van der Waals surface area contributed by atoms with E-state index < -0.39 is 0 Å². The van der Waals surface area contributed by atoms with Gasteiger partial charge in [-0.2, -0.15) is 0 Å². The van der Waals surface area contributed by atoms with Crippen molar-refractivity contribution in [2.75, 3.05) is 19.3 Å². The van der Waals surface area contributed by atoms with Crippen molar-refractivity contribution in [2.45, 2.75) is 23.8 Å². The van der Waals surface area contributed by atoms with Crippen LogP contribution in [-0.4, -0.2) is 24.5 Å². The maximum absolute atomic E-state index is 10.3. The van der Waals surface area contributed by atoms with Crippen molar-refractivity contribution in [3.8, 4) is 0 Å². The number of aliphatic hydroxyl groups is 1. The van der Waals surface area contributed by atoms with Gasteiger partial charge in [0.2, 0.25) is 0 Å². The quantitative estimate of drug-likeness (QED) is 0.792. The maximum atomic E-state index is 10.3. The average molecular weight is 237 g/mol. The van der Waals surface area contributed by atoms with Crippen LogP contribution in [-0.2, 0) is 0 Å². The summed E-state index contributed by atoms with van der Waals surface area (Å²) in [5.41, 5.74) is 1.05. The van der Waals surface area contributed by atoms with Crippen LogP contribution in [0.25, 0.3) is 0 Å². The highest BCUT2D eigenvalue weighted by molar-refractivity contribution is 7.98. The molecule has 1 aromatic carbocycles. The first-order chi connectivity index (χ1) is 7.81. The maximum Gasteiger partial charge on any atom is 0.0830 e. The first-order valence-electron chi connectivity index (χ1n) is 5.84. The van der Waals surface area contributed by atoms with Crippen LogP contribution in [0.1, 0.15) is 24.5 Å². The Kier molecular flexibility index (Phi) is 4.27. The molecule has 2 nitrogen and oxygen atoms in total. The van der Waals surface area contributed by atoms with Gasteiger partial charge in [-0.15, -0.1) is 11.8 Å². The molecular weight excluding hydrogens is 218 g/mol. The summed E-state index contributed by atoms with van der Waals surface area (Å²) in [5, 5.41) is 13.6. The van der Waals surface area contributed by atoms with E-state index in [0.717, 1.165) is 25.1 Å². The van der Waals surface area contributed by atoms with Crippen molar-refractivity contribution < 1.29 is 5.11 Å². The standard InChI is InChI=1S/C13H19NOS/c1-16-12-6-4-10(5-7-12)13(15)11-3-2-8-14-9-11/h4-7,11,13-15H,2-3,8-9H2,1H3. The van der Waals surface area contributed by atoms with Crippen LogP contribution >= 0.6 is 11.8 Å². The van der Waals surface area contributed by atoms with E-state index in [9.17, 15) is 5.11 Å². The van der Waals surface area contributed by atoms with E-state index >= 15 is 0 Å². The monoisotopic (exact) mass is 237 g/mol. The average Bonchev–Trinajstić information content (AvgIpc) is 2.39. The number of nitrogens with one attached hydrogen (secondary N) is 1. The van der Waals surface area contributed by atoms with Crippen LogP contribution in [0.2, 0.25) is 0 Å². The summed E-state index contributed by atoms with van der Waals surface area (Å²) in [4.78, 5) is 1.25. The molecule has 1 heterocycles. The van der Waals surface area contributed by atoms with Gasteiger partial charge in [0, 0.05) is 17.4 Å². The lowest BCUT2D eigenvalue weighted by Gasteiger charge is -2.27. The van der Waals surface area contributed by atoms with Crippen molar-refractivity contribution >= 4 is 11.8 Å². The van der Waals surface area contributed by atoms with Crippen LogP contribution in [0.5, 0.6) is 0 Å². The van der Waals surface area contributed by atoms with Crippen LogP contribution in [0.4, 0.5) is 0 Å². The Morgan fingerprint density at radius 3 is 2.69 bits per heavy atom. The highest BCUT2D eigenvalue weighted by atomic mass is 32.2. The number of benzene rings is 1. The lowest BCUT2D eigenvalue weighted by molar-refractivity contribution is 0.0921. The molecule has 2 rings (SSSR count). The molecule has 16 heavy (non-hydrogen) atoms. The Labute approximate surface area is 101 Å². The Morgan fingerprint density at radius 1 is 1.38 bits per heavy atom. The molecule has 0 aromatic heterocycles. The molecule has 0 aliphatic carbocycles. The van der Waals surface area contributed by atoms with Crippen molar-refractivity contribution in [2.24, 2.45) is 5.92 Å². The zero-order valence-electron chi connectivity index (χ0n) is 9.65. The van der Waals surface area contributed by atoms with Crippen molar-refractivity contribution in [3.63, 3.8) is 0 Å². The summed E-state index contributed by atoms with van der Waals surface area (Å²) >= 11 is 1.73. The molecule has 2 unspecified atom stereocenters. The van der Waals surface area contributed by atoms with Gasteiger partial charge >= 0.3 is 0 Å². The molecule has 0 bridgehead atoms. The first kappa shape index (κ1) is 12.0. The highest BCUT2D eigenvalue weighted by Crippen LogP contribution is 2.28. The summed E-state index contributed by atoms with van der Waals surface area (Å²) in [6, 6.07) is 8.26. The van der Waals surface area contributed by atoms with Gasteiger partial charge in [0.25, 0.3) is 0 Å². The van der Waals surface area contributed by atoms with Crippen molar-refractivity contribution in [3.05, 3.63) is 29.8 Å². The molecule has 1 aliphatic rings. The number of aliphatic hydroxyl groups excluding tert-OH is 1. The van der Waals surface area contributed by atoms with E-state index in [2.05, 4.69) is 23.7 Å². The van der Waals surface area contributed by atoms with Crippen molar-refractivity contribution in [1.29, 1.82) is 0 Å². The topological polar surface area (TPSA) is 32.3 Å². The molecule has 3 heteroatoms. The molecule has 0 radical (unpaired) electrons. The first-order valence-corrected chi connectivity index (χ1v) is 7.06. The molecule has 2 atom stereocenters. The van der Waals surface area contributed by atoms with E-state index in [4.69, 9.17) is 0 Å². The predicted octanol–water partition coefficient (Wildman–Crippen LogP) is 2.44. The smallest absolute Gasteiger partial charge is 0.0830 e. The second kappa shape index (κ2) is 5.71. The molecule has 88 valence electrons. The molecule has 0 saturated carbocycles. The predicted molar refractivity (Wildman–Crippen MR) is 68.8 cm³/mol. The minimum Gasteiger partial charge on any atom is -0.388 e. The third-order valence-corrected chi connectivity index (χ3v) is 3.98. The minimum atomic E-state index is -0.316. The third-order valence-electron chi connectivity index (χ3n) is 3.24. The van der Waals surface area contributed by atoms with Gasteiger partial charge in [-0.3, -0.25) is 0 Å². The molecule has 1 aromatic rings. The number of hydrogen-bond acceptors (Lipinski definition) is 3. The fourth-order valence-corrected chi connectivity index (χ4v) is 2.63. The van der Waals surface area contributed by atoms with Crippen LogP contribution in [0.3, 0.4) is 0 Å². The van der Waals surface area contributed by atoms with E-state index in [0.29, 0.717) is 5.92 Å². The van der Waals surface area contributed by atoms with E-state index in [1.165, 1.54) is 11.3 Å². The molecular formula is C13H19NOS. The minimum absolute atomic E-state index is 0.316. The van der Waals surface area contributed by atoms with Crippen LogP contribution in [0, 0.1) is 5.92 Å². The summed E-state index contributed by atoms with van der Waals surface area (Å²) in [7, 11) is 0. The Morgan fingerprint density at radius 2 is 2.12 bits per heavy atom. The fourth-order valence-electron chi connectivity index (χ4n) is 2.22. The van der Waals surface area contributed by atoms with Crippen molar-refractivity contribution in [1.82, 2.24) is 5.32 Å². The van der Waals surface area contributed by atoms with E-state index in [1.807, 2.05) is 12.1 Å². The number of hydrogen-bond donors (Lipinski definition) is 2. The number of thioether (sulfide) groups is 1. The van der Waals surface area contributed by atoms with E-state index in [1.54, 1.807) is 11.8 Å². The molecule has 0 amide bonds. The Bertz CT molecular complexity index is 319. The number of piperidine rings is 1. The van der Waals surface area contributed by atoms with Gasteiger partial charge in [0.1, 0.15) is 0 Å². The Balaban J connectivity index is 2.04. The molecule has 1 aliphatic heterocycles. The highest BCUT2D eigenvalue weighted by Gasteiger charge is 2.22. The lowest BCUT2D eigenvalue weighted by atomic mass is 9.89. The van der Waals surface area contributed by atoms with Gasteiger partial charge in [-0.05, 0) is 43.3 Å². The largest absolute Gasteiger partial charge is 0.388 e.